The molecule has 0 aromatic heterocycles. The van der Waals surface area contributed by atoms with Gasteiger partial charge in [0, 0.05) is 50.8 Å². The van der Waals surface area contributed by atoms with Gasteiger partial charge in [0.15, 0.2) is 0 Å². The van der Waals surface area contributed by atoms with Crippen molar-refractivity contribution < 1.29 is 23.8 Å². The van der Waals surface area contributed by atoms with E-state index in [0.717, 1.165) is 74.3 Å². The molecule has 1 aliphatic rings. The largest absolute Gasteiger partial charge is 0.495 e. The molecule has 2 N–H and O–H groups in total. The minimum atomic E-state index is -0.210. The van der Waals surface area contributed by atoms with E-state index in [0.29, 0.717) is 48.9 Å². The number of amides is 2. The zero-order chi connectivity index (χ0) is 33.6. The van der Waals surface area contributed by atoms with Gasteiger partial charge in [-0.05, 0) is 76.0 Å². The van der Waals surface area contributed by atoms with Crippen LogP contribution in [0.3, 0.4) is 0 Å². The maximum absolute atomic E-state index is 13.9. The van der Waals surface area contributed by atoms with Gasteiger partial charge in [0.2, 0.25) is 5.91 Å². The van der Waals surface area contributed by atoms with Gasteiger partial charge in [0.25, 0.3) is 5.91 Å². The van der Waals surface area contributed by atoms with Crippen molar-refractivity contribution in [2.24, 2.45) is 5.73 Å². The molecule has 0 spiro atoms. The quantitative estimate of drug-likeness (QED) is 0.154. The standard InChI is InChI=1S/C38H50N4O5/c1-29-17-20-33(35(28-29)47-26-9-5-6-16-36(43)42-24-22-40(2)23-25-42)41(3)38(44)32-14-10-13-31(37(32)45-4)19-18-30-12-7-8-15-34(30)46-27-11-21-39/h7-8,10,12-15,17-20,28H,5-6,9,11,16,21-27,39H2,1-4H3. The first-order chi connectivity index (χ1) is 22.8. The fourth-order valence-electron chi connectivity index (χ4n) is 5.53. The highest BCUT2D eigenvalue weighted by Crippen LogP contribution is 2.33. The number of methoxy groups -OCH3 is 1. The topological polar surface area (TPSA) is 97.6 Å². The Labute approximate surface area is 279 Å². The van der Waals surface area contributed by atoms with Gasteiger partial charge in [-0.1, -0.05) is 48.6 Å². The Bertz CT molecular complexity index is 1500. The van der Waals surface area contributed by atoms with Crippen LogP contribution in [-0.2, 0) is 4.79 Å². The molecule has 1 fully saturated rings. The van der Waals surface area contributed by atoms with Gasteiger partial charge in [-0.3, -0.25) is 9.59 Å². The molecule has 252 valence electrons. The van der Waals surface area contributed by atoms with E-state index in [1.54, 1.807) is 25.1 Å². The Morgan fingerprint density at radius 3 is 2.32 bits per heavy atom. The van der Waals surface area contributed by atoms with Crippen molar-refractivity contribution in [3.8, 4) is 17.2 Å². The summed E-state index contributed by atoms with van der Waals surface area (Å²) in [5, 5.41) is 0. The third kappa shape index (κ3) is 10.1. The van der Waals surface area contributed by atoms with Gasteiger partial charge < -0.3 is 34.6 Å². The molecule has 0 atom stereocenters. The number of benzene rings is 3. The summed E-state index contributed by atoms with van der Waals surface area (Å²) in [7, 11) is 5.42. The van der Waals surface area contributed by atoms with Crippen molar-refractivity contribution in [1.29, 1.82) is 0 Å². The third-order valence-electron chi connectivity index (χ3n) is 8.38. The van der Waals surface area contributed by atoms with Crippen molar-refractivity contribution in [3.63, 3.8) is 0 Å². The van der Waals surface area contributed by atoms with Crippen LogP contribution >= 0.6 is 0 Å². The van der Waals surface area contributed by atoms with E-state index in [4.69, 9.17) is 19.9 Å². The average molecular weight is 643 g/mol. The van der Waals surface area contributed by atoms with Gasteiger partial charge in [0.05, 0.1) is 31.6 Å². The number of rotatable bonds is 16. The number of nitrogens with zero attached hydrogens (tertiary/aromatic N) is 3. The first kappa shape index (κ1) is 35.5. The second-order valence-electron chi connectivity index (χ2n) is 12.0. The zero-order valence-electron chi connectivity index (χ0n) is 28.4. The molecule has 3 aromatic rings. The van der Waals surface area contributed by atoms with E-state index < -0.39 is 0 Å². The van der Waals surface area contributed by atoms with Gasteiger partial charge in [-0.15, -0.1) is 0 Å². The minimum absolute atomic E-state index is 0.210. The maximum atomic E-state index is 13.9. The number of ether oxygens (including phenoxy) is 3. The molecule has 3 aromatic carbocycles. The normalized spacial score (nSPS) is 13.5. The predicted octanol–water partition coefficient (Wildman–Crippen LogP) is 5.89. The molecule has 1 saturated heterocycles. The molecular weight excluding hydrogens is 592 g/mol. The molecule has 1 heterocycles. The van der Waals surface area contributed by atoms with Crippen LogP contribution in [0.4, 0.5) is 5.69 Å². The van der Waals surface area contributed by atoms with Crippen molar-refractivity contribution in [2.45, 2.75) is 39.0 Å². The van der Waals surface area contributed by atoms with E-state index >= 15 is 0 Å². The number of unbranched alkanes of at least 4 members (excludes halogenated alkanes) is 2. The van der Waals surface area contributed by atoms with Crippen molar-refractivity contribution >= 4 is 29.7 Å². The molecule has 2 amide bonds. The summed E-state index contributed by atoms with van der Waals surface area (Å²) in [6, 6.07) is 19.2. The van der Waals surface area contributed by atoms with Crippen molar-refractivity contribution in [2.75, 3.05) is 72.0 Å². The SMILES string of the molecule is COc1c(C=Cc2ccccc2OCCCN)cccc1C(=O)N(C)c1ccc(C)cc1OCCCCCC(=O)N1CCN(C)CC1. The molecule has 9 heteroatoms. The van der Waals surface area contributed by atoms with Crippen LogP contribution in [0.25, 0.3) is 12.2 Å². The highest BCUT2D eigenvalue weighted by atomic mass is 16.5. The molecule has 9 nitrogen and oxygen atoms in total. The fraction of sp³-hybridized carbons (Fsp3) is 0.421. The maximum Gasteiger partial charge on any atom is 0.261 e. The summed E-state index contributed by atoms with van der Waals surface area (Å²) in [6.45, 7) is 7.12. The summed E-state index contributed by atoms with van der Waals surface area (Å²) >= 11 is 0. The Balaban J connectivity index is 1.39. The summed E-state index contributed by atoms with van der Waals surface area (Å²) < 4.78 is 17.9. The van der Waals surface area contributed by atoms with E-state index in [9.17, 15) is 9.59 Å². The second-order valence-corrected chi connectivity index (χ2v) is 12.0. The second kappa shape index (κ2) is 18.1. The number of hydrogen-bond donors (Lipinski definition) is 1. The first-order valence-corrected chi connectivity index (χ1v) is 16.6. The van der Waals surface area contributed by atoms with Crippen LogP contribution in [-0.4, -0.2) is 88.8 Å². The summed E-state index contributed by atoms with van der Waals surface area (Å²) in [5.74, 6) is 1.94. The lowest BCUT2D eigenvalue weighted by Crippen LogP contribution is -2.47. The lowest BCUT2D eigenvalue weighted by molar-refractivity contribution is -0.132. The van der Waals surface area contributed by atoms with Gasteiger partial charge in [-0.25, -0.2) is 0 Å². The Kier molecular flexibility index (Phi) is 13.7. The Hall–Kier alpha value is -4.34. The number of carbonyl (C=O) groups is 2. The van der Waals surface area contributed by atoms with E-state index in [1.807, 2.05) is 78.6 Å². The molecule has 0 radical (unpaired) electrons. The molecule has 47 heavy (non-hydrogen) atoms. The molecule has 4 rings (SSSR count). The van der Waals surface area contributed by atoms with E-state index in [1.165, 1.54) is 0 Å². The van der Waals surface area contributed by atoms with Crippen LogP contribution in [0.5, 0.6) is 17.2 Å². The van der Waals surface area contributed by atoms with Gasteiger partial charge in [0.1, 0.15) is 17.2 Å². The van der Waals surface area contributed by atoms with Gasteiger partial charge >= 0.3 is 0 Å². The highest BCUT2D eigenvalue weighted by molar-refractivity contribution is 6.09. The van der Waals surface area contributed by atoms with Crippen LogP contribution in [0.2, 0.25) is 0 Å². The highest BCUT2D eigenvalue weighted by Gasteiger charge is 2.22. The smallest absolute Gasteiger partial charge is 0.261 e. The summed E-state index contributed by atoms with van der Waals surface area (Å²) in [4.78, 5) is 32.3. The predicted molar refractivity (Wildman–Crippen MR) is 189 cm³/mol. The fourth-order valence-corrected chi connectivity index (χ4v) is 5.53. The van der Waals surface area contributed by atoms with Crippen LogP contribution in [0, 0.1) is 6.92 Å². The van der Waals surface area contributed by atoms with Crippen molar-refractivity contribution in [1.82, 2.24) is 9.80 Å². The third-order valence-corrected chi connectivity index (χ3v) is 8.38. The number of carbonyl (C=O) groups excluding carboxylic acids is 2. The number of piperazine rings is 1. The van der Waals surface area contributed by atoms with Crippen LogP contribution in [0.1, 0.15) is 59.2 Å². The number of nitrogens with two attached hydrogens (primary N) is 1. The number of hydrogen-bond acceptors (Lipinski definition) is 7. The lowest BCUT2D eigenvalue weighted by atomic mass is 10.0. The van der Waals surface area contributed by atoms with E-state index in [2.05, 4.69) is 11.9 Å². The van der Waals surface area contributed by atoms with Crippen molar-refractivity contribution in [3.05, 3.63) is 82.9 Å². The molecular formula is C38H50N4O5. The number of aryl methyl sites for hydroxylation is 1. The number of para-hydroxylation sites is 2. The molecule has 0 unspecified atom stereocenters. The first-order valence-electron chi connectivity index (χ1n) is 16.6. The molecule has 1 aliphatic heterocycles. The minimum Gasteiger partial charge on any atom is -0.495 e. The summed E-state index contributed by atoms with van der Waals surface area (Å²) in [5.41, 5.74) is 9.48. The molecule has 0 aliphatic carbocycles. The zero-order valence-corrected chi connectivity index (χ0v) is 28.4. The van der Waals surface area contributed by atoms with Gasteiger partial charge in [-0.2, -0.15) is 0 Å². The summed E-state index contributed by atoms with van der Waals surface area (Å²) in [6.07, 6.45) is 7.80. The Morgan fingerprint density at radius 1 is 0.851 bits per heavy atom. The molecule has 0 saturated carbocycles. The Morgan fingerprint density at radius 2 is 1.55 bits per heavy atom. The van der Waals surface area contributed by atoms with E-state index in [-0.39, 0.29) is 11.8 Å². The molecule has 0 bridgehead atoms. The average Bonchev–Trinajstić information content (AvgIpc) is 3.08. The van der Waals surface area contributed by atoms with Crippen LogP contribution < -0.4 is 24.8 Å². The monoisotopic (exact) mass is 642 g/mol. The number of likely N-dealkylation sites (N-methyl/N-ethyl adjacent to an activating group) is 1. The number of anilines is 1. The van der Waals surface area contributed by atoms with Crippen LogP contribution in [0.15, 0.2) is 60.7 Å². The lowest BCUT2D eigenvalue weighted by Gasteiger charge is -2.32.